The van der Waals surface area contributed by atoms with Crippen molar-refractivity contribution in [3.05, 3.63) is 89.7 Å². The van der Waals surface area contributed by atoms with Crippen molar-refractivity contribution in [1.82, 2.24) is 0 Å². The third kappa shape index (κ3) is 5.23. The molecule has 2 atom stereocenters. The maximum atomic E-state index is 14.9. The molecule has 174 valence electrons. The fourth-order valence-corrected chi connectivity index (χ4v) is 3.89. The molecule has 0 spiro atoms. The van der Waals surface area contributed by atoms with Gasteiger partial charge >= 0.3 is 0 Å². The van der Waals surface area contributed by atoms with Crippen LogP contribution in [0.4, 0.5) is 13.2 Å². The molecule has 1 heterocycles. The van der Waals surface area contributed by atoms with E-state index in [1.165, 1.54) is 24.5 Å². The first kappa shape index (κ1) is 23.3. The van der Waals surface area contributed by atoms with Crippen molar-refractivity contribution in [2.24, 2.45) is 0 Å². The summed E-state index contributed by atoms with van der Waals surface area (Å²) in [6.45, 7) is 4.72. The largest absolute Gasteiger partial charge is 0.466 e. The van der Waals surface area contributed by atoms with Gasteiger partial charge in [0, 0.05) is 11.5 Å². The maximum absolute atomic E-state index is 14.9. The van der Waals surface area contributed by atoms with E-state index < -0.39 is 12.3 Å². The van der Waals surface area contributed by atoms with Crippen LogP contribution in [0.3, 0.4) is 0 Å². The minimum absolute atomic E-state index is 0.0140. The van der Waals surface area contributed by atoms with Gasteiger partial charge in [-0.05, 0) is 53.8 Å². The quantitative estimate of drug-likeness (QED) is 0.444. The fraction of sp³-hybridized carbons (Fsp3) is 0.333. The molecule has 2 aromatic rings. The molecule has 0 amide bonds. The smallest absolute Gasteiger partial charge is 0.193 e. The molecule has 0 saturated carbocycles. The lowest BCUT2D eigenvalue weighted by Crippen LogP contribution is -2.28. The Morgan fingerprint density at radius 2 is 1.67 bits per heavy atom. The highest BCUT2D eigenvalue weighted by molar-refractivity contribution is 5.75. The Morgan fingerprint density at radius 3 is 2.33 bits per heavy atom. The number of hydrogen-bond donors (Lipinski definition) is 0. The summed E-state index contributed by atoms with van der Waals surface area (Å²) in [7, 11) is 0. The maximum Gasteiger partial charge on any atom is 0.193 e. The van der Waals surface area contributed by atoms with Crippen molar-refractivity contribution < 1.29 is 27.4 Å². The van der Waals surface area contributed by atoms with E-state index in [0.29, 0.717) is 29.9 Å². The van der Waals surface area contributed by atoms with Crippen molar-refractivity contribution in [1.29, 1.82) is 0 Å². The van der Waals surface area contributed by atoms with Gasteiger partial charge in [0.1, 0.15) is 11.6 Å². The van der Waals surface area contributed by atoms with Gasteiger partial charge < -0.3 is 14.2 Å². The van der Waals surface area contributed by atoms with Crippen LogP contribution in [-0.2, 0) is 14.2 Å². The summed E-state index contributed by atoms with van der Waals surface area (Å²) in [5.41, 5.74) is 2.67. The van der Waals surface area contributed by atoms with Gasteiger partial charge in [-0.1, -0.05) is 49.4 Å². The molecule has 6 heteroatoms. The van der Waals surface area contributed by atoms with Crippen LogP contribution in [0.25, 0.3) is 16.7 Å². The Labute approximate surface area is 192 Å². The van der Waals surface area contributed by atoms with E-state index >= 15 is 0 Å². The number of benzene rings is 2. The van der Waals surface area contributed by atoms with E-state index in [1.54, 1.807) is 36.4 Å². The minimum atomic E-state index is -1.88. The molecule has 4 rings (SSSR count). The SMILES string of the molecule is CC/C=C\OC1=CC=C(c2ccc(-c3ccc(C4COC(C)OC4)cc3F)cc2)C(F)C1F. The van der Waals surface area contributed by atoms with Crippen molar-refractivity contribution >= 4 is 5.57 Å². The lowest BCUT2D eigenvalue weighted by Gasteiger charge is -2.27. The van der Waals surface area contributed by atoms with Gasteiger partial charge in [0.2, 0.25) is 0 Å². The second kappa shape index (κ2) is 10.4. The number of halogens is 3. The normalized spacial score (nSPS) is 25.6. The number of allylic oxidation sites excluding steroid dienone is 5. The number of hydrogen-bond acceptors (Lipinski definition) is 3. The summed E-state index contributed by atoms with van der Waals surface area (Å²) in [4.78, 5) is 0. The number of rotatable bonds is 6. The van der Waals surface area contributed by atoms with Crippen molar-refractivity contribution in [2.45, 2.75) is 44.8 Å². The summed E-state index contributed by atoms with van der Waals surface area (Å²) in [5.74, 6) is -0.425. The second-order valence-corrected chi connectivity index (χ2v) is 8.14. The third-order valence-corrected chi connectivity index (χ3v) is 5.85. The van der Waals surface area contributed by atoms with Crippen LogP contribution < -0.4 is 0 Å². The van der Waals surface area contributed by atoms with Crippen LogP contribution in [0.2, 0.25) is 0 Å². The molecule has 0 aromatic heterocycles. The molecular formula is C27H27F3O3. The van der Waals surface area contributed by atoms with Crippen LogP contribution in [0.15, 0.2) is 72.7 Å². The molecule has 3 nitrogen and oxygen atoms in total. The fourth-order valence-electron chi connectivity index (χ4n) is 3.89. The molecular weight excluding hydrogens is 429 g/mol. The molecule has 1 aliphatic carbocycles. The first-order valence-electron chi connectivity index (χ1n) is 11.1. The Bertz CT molecular complexity index is 1050. The van der Waals surface area contributed by atoms with Crippen molar-refractivity contribution in [2.75, 3.05) is 13.2 Å². The molecule has 0 bridgehead atoms. The van der Waals surface area contributed by atoms with E-state index in [4.69, 9.17) is 14.2 Å². The molecule has 1 aliphatic heterocycles. The van der Waals surface area contributed by atoms with E-state index in [2.05, 4.69) is 0 Å². The Hall–Kier alpha value is -2.83. The van der Waals surface area contributed by atoms with Crippen LogP contribution >= 0.6 is 0 Å². The molecule has 33 heavy (non-hydrogen) atoms. The van der Waals surface area contributed by atoms with Gasteiger partial charge in [0.25, 0.3) is 0 Å². The average Bonchev–Trinajstić information content (AvgIpc) is 2.83. The first-order valence-corrected chi connectivity index (χ1v) is 11.1. The predicted molar refractivity (Wildman–Crippen MR) is 122 cm³/mol. The summed E-state index contributed by atoms with van der Waals surface area (Å²) >= 11 is 0. The average molecular weight is 457 g/mol. The van der Waals surface area contributed by atoms with Crippen molar-refractivity contribution in [3.63, 3.8) is 0 Å². The van der Waals surface area contributed by atoms with Crippen LogP contribution in [-0.4, -0.2) is 31.8 Å². The Balaban J connectivity index is 1.51. The van der Waals surface area contributed by atoms with Crippen LogP contribution in [0.5, 0.6) is 0 Å². The van der Waals surface area contributed by atoms with Gasteiger partial charge in [-0.3, -0.25) is 0 Å². The Kier molecular flexibility index (Phi) is 7.36. The van der Waals surface area contributed by atoms with Crippen LogP contribution in [0, 0.1) is 5.82 Å². The monoisotopic (exact) mass is 456 g/mol. The summed E-state index contributed by atoms with van der Waals surface area (Å²) in [6, 6.07) is 11.9. The topological polar surface area (TPSA) is 27.7 Å². The molecule has 1 fully saturated rings. The minimum Gasteiger partial charge on any atom is -0.466 e. The van der Waals surface area contributed by atoms with Gasteiger partial charge in [0.05, 0.1) is 19.5 Å². The zero-order valence-corrected chi connectivity index (χ0v) is 18.6. The zero-order chi connectivity index (χ0) is 23.4. The van der Waals surface area contributed by atoms with E-state index in [9.17, 15) is 13.2 Å². The van der Waals surface area contributed by atoms with Gasteiger partial charge in [-0.2, -0.15) is 0 Å². The first-order chi connectivity index (χ1) is 16.0. The molecule has 2 aromatic carbocycles. The summed E-state index contributed by atoms with van der Waals surface area (Å²) in [5, 5.41) is 0. The summed E-state index contributed by atoms with van der Waals surface area (Å²) in [6.07, 6.45) is 2.83. The number of ether oxygens (including phenoxy) is 3. The lowest BCUT2D eigenvalue weighted by atomic mass is 9.91. The van der Waals surface area contributed by atoms with Gasteiger partial charge in [-0.15, -0.1) is 0 Å². The highest BCUT2D eigenvalue weighted by Crippen LogP contribution is 2.34. The van der Waals surface area contributed by atoms with E-state index in [0.717, 1.165) is 12.0 Å². The molecule has 2 aliphatic rings. The highest BCUT2D eigenvalue weighted by atomic mass is 19.2. The lowest BCUT2D eigenvalue weighted by molar-refractivity contribution is -0.176. The standard InChI is InChI=1S/C27H27F3O3/c1-3-4-13-31-25-12-11-23(26(29)27(25)30)19-7-5-18(6-8-19)22-10-9-20(14-24(22)28)21-15-32-17(2)33-16-21/h4-14,17,21,26-27H,3,15-16H2,1-2H3/b13-4-. The predicted octanol–water partition coefficient (Wildman–Crippen LogP) is 6.87. The Morgan fingerprint density at radius 1 is 0.970 bits per heavy atom. The second-order valence-electron chi connectivity index (χ2n) is 8.14. The van der Waals surface area contributed by atoms with Gasteiger partial charge in [-0.25, -0.2) is 13.2 Å². The summed E-state index contributed by atoms with van der Waals surface area (Å²) < 4.78 is 60.3. The number of alkyl halides is 2. The van der Waals surface area contributed by atoms with E-state index in [1.807, 2.05) is 19.9 Å². The third-order valence-electron chi connectivity index (χ3n) is 5.85. The van der Waals surface area contributed by atoms with E-state index in [-0.39, 0.29) is 29.4 Å². The molecule has 0 N–H and O–H groups in total. The molecule has 2 unspecified atom stereocenters. The van der Waals surface area contributed by atoms with Gasteiger partial charge in [0.15, 0.2) is 18.6 Å². The zero-order valence-electron chi connectivity index (χ0n) is 18.6. The van der Waals surface area contributed by atoms with Crippen molar-refractivity contribution in [3.8, 4) is 11.1 Å². The highest BCUT2D eigenvalue weighted by Gasteiger charge is 2.32. The van der Waals surface area contributed by atoms with Crippen LogP contribution in [0.1, 0.15) is 37.3 Å². The molecule has 1 saturated heterocycles. The molecule has 0 radical (unpaired) electrons.